The van der Waals surface area contributed by atoms with Crippen molar-refractivity contribution in [2.75, 3.05) is 0 Å². The van der Waals surface area contributed by atoms with E-state index in [1.54, 1.807) is 5.57 Å². The smallest absolute Gasteiger partial charge is 0.0121 e. The standard InChI is InChI=1S/C20H40/c1-12-16(13-2)14-18(6,7)20(10,11)15-19(8,9)17(3,4)5/h14H,12-13,15H2,1-11H3. The summed E-state index contributed by atoms with van der Waals surface area (Å²) >= 11 is 0. The first-order valence-electron chi connectivity index (χ1n) is 8.41. The Morgan fingerprint density at radius 3 is 1.40 bits per heavy atom. The first kappa shape index (κ1) is 19.7. The van der Waals surface area contributed by atoms with Gasteiger partial charge in [-0.05, 0) is 40.9 Å². The van der Waals surface area contributed by atoms with Crippen LogP contribution in [0.5, 0.6) is 0 Å². The van der Waals surface area contributed by atoms with E-state index >= 15 is 0 Å². The van der Waals surface area contributed by atoms with E-state index < -0.39 is 0 Å². The quantitative estimate of drug-likeness (QED) is 0.449. The Morgan fingerprint density at radius 1 is 0.700 bits per heavy atom. The van der Waals surface area contributed by atoms with E-state index in [2.05, 4.69) is 82.2 Å². The summed E-state index contributed by atoms with van der Waals surface area (Å²) in [7, 11) is 0. The highest BCUT2D eigenvalue weighted by atomic mass is 14.5. The van der Waals surface area contributed by atoms with Gasteiger partial charge in [-0.3, -0.25) is 0 Å². The lowest BCUT2D eigenvalue weighted by Gasteiger charge is -2.49. The molecular weight excluding hydrogens is 240 g/mol. The number of hydrogen-bond donors (Lipinski definition) is 0. The molecule has 0 saturated heterocycles. The molecule has 0 aromatic rings. The van der Waals surface area contributed by atoms with Crippen LogP contribution < -0.4 is 0 Å². The second-order valence-electron chi connectivity index (χ2n) is 9.43. The zero-order valence-electron chi connectivity index (χ0n) is 16.2. The van der Waals surface area contributed by atoms with Crippen molar-refractivity contribution < 1.29 is 0 Å². The van der Waals surface area contributed by atoms with E-state index in [1.165, 1.54) is 19.3 Å². The lowest BCUT2D eigenvalue weighted by molar-refractivity contribution is 0.0224. The van der Waals surface area contributed by atoms with Crippen LogP contribution in [0.4, 0.5) is 0 Å². The second-order valence-corrected chi connectivity index (χ2v) is 9.43. The second kappa shape index (κ2) is 6.24. The SMILES string of the molecule is CCC(=CC(C)(C)C(C)(C)CC(C)(C)C(C)(C)C)CC. The molecule has 0 saturated carbocycles. The van der Waals surface area contributed by atoms with Gasteiger partial charge in [-0.2, -0.15) is 0 Å². The monoisotopic (exact) mass is 280 g/mol. The fraction of sp³-hybridized carbons (Fsp3) is 0.900. The Bertz CT molecular complexity index is 326. The van der Waals surface area contributed by atoms with E-state index in [-0.39, 0.29) is 5.41 Å². The first-order valence-corrected chi connectivity index (χ1v) is 8.41. The zero-order chi connectivity index (χ0) is 16.4. The fourth-order valence-corrected chi connectivity index (χ4v) is 2.76. The third-order valence-corrected chi connectivity index (χ3v) is 6.13. The fourth-order valence-electron chi connectivity index (χ4n) is 2.76. The topological polar surface area (TPSA) is 0 Å². The van der Waals surface area contributed by atoms with Crippen molar-refractivity contribution >= 4 is 0 Å². The van der Waals surface area contributed by atoms with Gasteiger partial charge in [0.05, 0.1) is 0 Å². The largest absolute Gasteiger partial charge is 0.0791 e. The highest BCUT2D eigenvalue weighted by Crippen LogP contribution is 2.53. The first-order chi connectivity index (χ1) is 8.70. The van der Waals surface area contributed by atoms with Crippen LogP contribution in [-0.4, -0.2) is 0 Å². The molecule has 0 aliphatic rings. The zero-order valence-corrected chi connectivity index (χ0v) is 16.2. The summed E-state index contributed by atoms with van der Waals surface area (Å²) in [5, 5.41) is 0. The van der Waals surface area contributed by atoms with E-state index in [4.69, 9.17) is 0 Å². The van der Waals surface area contributed by atoms with Crippen LogP contribution >= 0.6 is 0 Å². The molecule has 0 radical (unpaired) electrons. The molecule has 0 N–H and O–H groups in total. The average Bonchev–Trinajstić information content (AvgIpc) is 2.22. The number of allylic oxidation sites excluding steroid dienone is 2. The maximum absolute atomic E-state index is 2.55. The maximum atomic E-state index is 2.55. The summed E-state index contributed by atoms with van der Waals surface area (Å²) in [6, 6.07) is 0. The minimum absolute atomic E-state index is 0.233. The molecule has 0 amide bonds. The van der Waals surface area contributed by atoms with Crippen molar-refractivity contribution in [3.8, 4) is 0 Å². The molecule has 0 aliphatic carbocycles. The van der Waals surface area contributed by atoms with E-state index in [9.17, 15) is 0 Å². The lowest BCUT2D eigenvalue weighted by atomic mass is 9.55. The van der Waals surface area contributed by atoms with Gasteiger partial charge in [0.2, 0.25) is 0 Å². The van der Waals surface area contributed by atoms with Crippen LogP contribution in [0.15, 0.2) is 11.6 Å². The van der Waals surface area contributed by atoms with Gasteiger partial charge in [0.25, 0.3) is 0 Å². The van der Waals surface area contributed by atoms with Crippen molar-refractivity contribution in [1.29, 1.82) is 0 Å². The van der Waals surface area contributed by atoms with Crippen molar-refractivity contribution in [3.63, 3.8) is 0 Å². The molecule has 0 unspecified atom stereocenters. The molecule has 0 rings (SSSR count). The van der Waals surface area contributed by atoms with Crippen molar-refractivity contribution in [2.45, 2.75) is 95.4 Å². The summed E-state index contributed by atoms with van der Waals surface area (Å²) in [6.45, 7) is 26.2. The molecule has 120 valence electrons. The summed E-state index contributed by atoms with van der Waals surface area (Å²) in [5.74, 6) is 0. The Kier molecular flexibility index (Phi) is 6.16. The summed E-state index contributed by atoms with van der Waals surface area (Å²) in [4.78, 5) is 0. The lowest BCUT2D eigenvalue weighted by Crippen LogP contribution is -2.40. The van der Waals surface area contributed by atoms with Crippen LogP contribution in [0.2, 0.25) is 0 Å². The summed E-state index contributed by atoms with van der Waals surface area (Å²) < 4.78 is 0. The normalized spacial score (nSPS) is 14.3. The van der Waals surface area contributed by atoms with Gasteiger partial charge in [0.1, 0.15) is 0 Å². The van der Waals surface area contributed by atoms with Crippen LogP contribution in [0.3, 0.4) is 0 Å². The van der Waals surface area contributed by atoms with Gasteiger partial charge >= 0.3 is 0 Å². The third-order valence-electron chi connectivity index (χ3n) is 6.13. The minimum atomic E-state index is 0.233. The molecule has 0 aliphatic heterocycles. The summed E-state index contributed by atoms with van der Waals surface area (Å²) in [6.07, 6.45) is 6.15. The van der Waals surface area contributed by atoms with Gasteiger partial charge in [-0.1, -0.05) is 87.8 Å². The maximum Gasteiger partial charge on any atom is -0.0121 e. The van der Waals surface area contributed by atoms with Crippen molar-refractivity contribution in [1.82, 2.24) is 0 Å². The molecule has 0 aromatic carbocycles. The van der Waals surface area contributed by atoms with Gasteiger partial charge < -0.3 is 0 Å². The van der Waals surface area contributed by atoms with E-state index in [1.807, 2.05) is 0 Å². The van der Waals surface area contributed by atoms with Gasteiger partial charge in [-0.15, -0.1) is 0 Å². The molecule has 0 heteroatoms. The highest BCUT2D eigenvalue weighted by Gasteiger charge is 2.43. The average molecular weight is 281 g/mol. The van der Waals surface area contributed by atoms with Gasteiger partial charge in [0.15, 0.2) is 0 Å². The van der Waals surface area contributed by atoms with E-state index in [0.717, 1.165) is 0 Å². The molecule has 0 atom stereocenters. The molecule has 20 heavy (non-hydrogen) atoms. The molecule has 0 aromatic heterocycles. The Balaban J connectivity index is 5.37. The minimum Gasteiger partial charge on any atom is -0.0791 e. The molecule has 0 bridgehead atoms. The van der Waals surface area contributed by atoms with Gasteiger partial charge in [-0.25, -0.2) is 0 Å². The van der Waals surface area contributed by atoms with Crippen LogP contribution in [-0.2, 0) is 0 Å². The Labute approximate surface area is 129 Å². The third kappa shape index (κ3) is 4.64. The van der Waals surface area contributed by atoms with Crippen LogP contribution in [0.25, 0.3) is 0 Å². The summed E-state index contributed by atoms with van der Waals surface area (Å²) in [5.41, 5.74) is 2.79. The predicted octanol–water partition coefficient (Wildman–Crippen LogP) is 7.25. The van der Waals surface area contributed by atoms with Crippen LogP contribution in [0, 0.1) is 21.7 Å². The molecule has 0 spiro atoms. The predicted molar refractivity (Wildman–Crippen MR) is 94.1 cm³/mol. The Morgan fingerprint density at radius 2 is 1.10 bits per heavy atom. The molecule has 0 fully saturated rings. The Hall–Kier alpha value is -0.260. The molecule has 0 heterocycles. The number of hydrogen-bond acceptors (Lipinski definition) is 0. The molecule has 0 nitrogen and oxygen atoms in total. The van der Waals surface area contributed by atoms with Crippen molar-refractivity contribution in [2.24, 2.45) is 21.7 Å². The van der Waals surface area contributed by atoms with Crippen molar-refractivity contribution in [3.05, 3.63) is 11.6 Å². The van der Waals surface area contributed by atoms with Gasteiger partial charge in [0, 0.05) is 0 Å². The van der Waals surface area contributed by atoms with Crippen LogP contribution in [0.1, 0.15) is 95.4 Å². The van der Waals surface area contributed by atoms with E-state index in [0.29, 0.717) is 16.2 Å². The molecular formula is C20H40. The number of rotatable bonds is 6. The highest BCUT2D eigenvalue weighted by molar-refractivity contribution is 5.11.